The fourth-order valence-electron chi connectivity index (χ4n) is 1.77. The van der Waals surface area contributed by atoms with Crippen LogP contribution in [-0.4, -0.2) is 34.0 Å². The van der Waals surface area contributed by atoms with E-state index in [1.165, 1.54) is 6.20 Å². The number of aliphatic carboxylic acids is 1. The topological polar surface area (TPSA) is 95.9 Å². The smallest absolute Gasteiger partial charge is 0.323 e. The Bertz CT molecular complexity index is 435. The monoisotopic (exact) mass is 220 g/mol. The molecular weight excluding hydrogens is 208 g/mol. The first-order chi connectivity index (χ1) is 7.61. The van der Waals surface area contributed by atoms with Crippen LogP contribution < -0.4 is 5.73 Å². The van der Waals surface area contributed by atoms with Crippen molar-refractivity contribution in [2.75, 3.05) is 0 Å². The molecule has 2 aliphatic rings. The number of allylic oxidation sites excluding steroid dienone is 4. The number of aliphatic imine (C=N–C) groups is 1. The largest absolute Gasteiger partial charge is 0.480 e. The van der Waals surface area contributed by atoms with Crippen LogP contribution in [0.4, 0.5) is 0 Å². The molecule has 1 heterocycles. The predicted molar refractivity (Wildman–Crippen MR) is 58.9 cm³/mol. The molecule has 1 aliphatic carbocycles. The van der Waals surface area contributed by atoms with E-state index in [1.807, 2.05) is 24.3 Å². The van der Waals surface area contributed by atoms with Crippen molar-refractivity contribution < 1.29 is 15.0 Å². The first-order valence-electron chi connectivity index (χ1n) is 4.90. The molecule has 0 aromatic rings. The van der Waals surface area contributed by atoms with E-state index in [2.05, 4.69) is 4.99 Å². The van der Waals surface area contributed by atoms with Gasteiger partial charge < -0.3 is 15.9 Å². The number of nitrogens with two attached hydrogens (primary N) is 1. The zero-order valence-corrected chi connectivity index (χ0v) is 8.45. The van der Waals surface area contributed by atoms with Crippen molar-refractivity contribution in [3.63, 3.8) is 0 Å². The Morgan fingerprint density at radius 3 is 2.94 bits per heavy atom. The Kier molecular flexibility index (Phi) is 2.72. The van der Waals surface area contributed by atoms with Crippen LogP contribution in [0.3, 0.4) is 0 Å². The van der Waals surface area contributed by atoms with E-state index >= 15 is 0 Å². The molecule has 5 heteroatoms. The summed E-state index contributed by atoms with van der Waals surface area (Å²) in [5.74, 6) is -1.37. The molecule has 0 fully saturated rings. The molecule has 84 valence electrons. The average molecular weight is 220 g/mol. The minimum atomic E-state index is -1.32. The second-order valence-corrected chi connectivity index (χ2v) is 3.71. The zero-order valence-electron chi connectivity index (χ0n) is 8.45. The van der Waals surface area contributed by atoms with Gasteiger partial charge in [-0.25, -0.2) is 0 Å². The van der Waals surface area contributed by atoms with Crippen LogP contribution in [0.1, 0.15) is 0 Å². The second-order valence-electron chi connectivity index (χ2n) is 3.71. The number of carboxylic acid groups (broad SMARTS) is 1. The molecule has 0 saturated heterocycles. The number of hydrogen-bond donors (Lipinski definition) is 3. The van der Waals surface area contributed by atoms with Crippen molar-refractivity contribution >= 4 is 11.7 Å². The van der Waals surface area contributed by atoms with Gasteiger partial charge in [0.1, 0.15) is 12.1 Å². The highest BCUT2D eigenvalue weighted by atomic mass is 16.4. The molecule has 0 bridgehead atoms. The van der Waals surface area contributed by atoms with Gasteiger partial charge in [-0.05, 0) is 11.6 Å². The van der Waals surface area contributed by atoms with E-state index in [0.717, 1.165) is 5.71 Å². The van der Waals surface area contributed by atoms with Crippen LogP contribution in [0.15, 0.2) is 41.1 Å². The number of aliphatic hydroxyl groups is 1. The molecule has 3 atom stereocenters. The van der Waals surface area contributed by atoms with Crippen LogP contribution in [0.5, 0.6) is 0 Å². The summed E-state index contributed by atoms with van der Waals surface area (Å²) in [7, 11) is 0. The molecule has 1 unspecified atom stereocenters. The van der Waals surface area contributed by atoms with Gasteiger partial charge in [-0.2, -0.15) is 0 Å². The lowest BCUT2D eigenvalue weighted by Crippen LogP contribution is -2.44. The maximum atomic E-state index is 10.7. The Hall–Kier alpha value is -1.72. The van der Waals surface area contributed by atoms with Gasteiger partial charge in [-0.1, -0.05) is 18.2 Å². The number of fused-ring (bicyclic) bond motifs is 1. The van der Waals surface area contributed by atoms with Gasteiger partial charge >= 0.3 is 5.97 Å². The third-order valence-electron chi connectivity index (χ3n) is 2.69. The van der Waals surface area contributed by atoms with Crippen molar-refractivity contribution in [2.45, 2.75) is 12.1 Å². The number of nitrogens with zero attached hydrogens (tertiary/aromatic N) is 1. The van der Waals surface area contributed by atoms with Crippen molar-refractivity contribution in [1.29, 1.82) is 0 Å². The Morgan fingerprint density at radius 2 is 2.25 bits per heavy atom. The number of aliphatic hydroxyl groups excluding tert-OH is 1. The van der Waals surface area contributed by atoms with Crippen molar-refractivity contribution in [2.24, 2.45) is 16.6 Å². The number of carbonyl (C=O) groups is 1. The first kappa shape index (κ1) is 10.8. The van der Waals surface area contributed by atoms with Gasteiger partial charge in [-0.3, -0.25) is 9.79 Å². The lowest BCUT2D eigenvalue weighted by molar-refractivity contribution is -0.140. The summed E-state index contributed by atoms with van der Waals surface area (Å²) in [4.78, 5) is 14.8. The standard InChI is InChI=1S/C11H12N2O3/c12-9(11(15)16)10(14)7-5-13-8-4-2-1-3-6(7)8/h1-6,9-10,14H,12H2,(H,15,16)/t6?,9-,10-/m0/s1. The molecule has 1 aliphatic heterocycles. The van der Waals surface area contributed by atoms with Crippen LogP contribution in [-0.2, 0) is 4.79 Å². The highest BCUT2D eigenvalue weighted by Gasteiger charge is 2.33. The lowest BCUT2D eigenvalue weighted by atomic mass is 9.87. The minimum absolute atomic E-state index is 0.148. The molecule has 5 nitrogen and oxygen atoms in total. The molecule has 4 N–H and O–H groups in total. The zero-order chi connectivity index (χ0) is 11.7. The SMILES string of the molecule is N[C@H](C(=O)O)[C@@H](O)C1=CN=C2C=CC=CC12. The van der Waals surface area contributed by atoms with E-state index in [4.69, 9.17) is 10.8 Å². The molecule has 16 heavy (non-hydrogen) atoms. The van der Waals surface area contributed by atoms with Crippen molar-refractivity contribution in [3.05, 3.63) is 36.1 Å². The van der Waals surface area contributed by atoms with Crippen LogP contribution >= 0.6 is 0 Å². The third-order valence-corrected chi connectivity index (χ3v) is 2.69. The second kappa shape index (κ2) is 4.03. The van der Waals surface area contributed by atoms with Gasteiger partial charge in [0.05, 0.1) is 5.71 Å². The average Bonchev–Trinajstić information content (AvgIpc) is 2.70. The number of rotatable bonds is 3. The van der Waals surface area contributed by atoms with E-state index in [-0.39, 0.29) is 5.92 Å². The van der Waals surface area contributed by atoms with Crippen molar-refractivity contribution in [1.82, 2.24) is 0 Å². The normalized spacial score (nSPS) is 25.8. The van der Waals surface area contributed by atoms with Crippen LogP contribution in [0.25, 0.3) is 0 Å². The Balaban J connectivity index is 2.17. The third kappa shape index (κ3) is 1.70. The quantitative estimate of drug-likeness (QED) is 0.615. The molecule has 2 rings (SSSR count). The summed E-state index contributed by atoms with van der Waals surface area (Å²) in [5, 5.41) is 18.5. The van der Waals surface area contributed by atoms with Gasteiger partial charge in [0, 0.05) is 12.1 Å². The summed E-state index contributed by atoms with van der Waals surface area (Å²) in [6, 6.07) is -1.32. The molecule has 0 amide bonds. The fraction of sp³-hybridized carbons (Fsp3) is 0.273. The minimum Gasteiger partial charge on any atom is -0.480 e. The summed E-state index contributed by atoms with van der Waals surface area (Å²) in [6.07, 6.45) is 7.65. The Morgan fingerprint density at radius 1 is 1.50 bits per heavy atom. The van der Waals surface area contributed by atoms with E-state index < -0.39 is 18.1 Å². The molecule has 0 aromatic heterocycles. The lowest BCUT2D eigenvalue weighted by Gasteiger charge is -2.21. The molecule has 0 aromatic carbocycles. The fourth-order valence-corrected chi connectivity index (χ4v) is 1.77. The summed E-state index contributed by atoms with van der Waals surface area (Å²) in [6.45, 7) is 0. The Labute approximate surface area is 92.3 Å². The maximum Gasteiger partial charge on any atom is 0.323 e. The number of carboxylic acids is 1. The number of hydrogen-bond acceptors (Lipinski definition) is 4. The van der Waals surface area contributed by atoms with Crippen molar-refractivity contribution in [3.8, 4) is 0 Å². The van der Waals surface area contributed by atoms with E-state index in [9.17, 15) is 9.90 Å². The molecule has 0 radical (unpaired) electrons. The van der Waals surface area contributed by atoms with Gasteiger partial charge in [-0.15, -0.1) is 0 Å². The summed E-state index contributed by atoms with van der Waals surface area (Å²) in [5.41, 5.74) is 6.71. The molecule has 0 saturated carbocycles. The highest BCUT2D eigenvalue weighted by Crippen LogP contribution is 2.28. The summed E-state index contributed by atoms with van der Waals surface area (Å²) < 4.78 is 0. The van der Waals surface area contributed by atoms with E-state index in [1.54, 1.807) is 0 Å². The first-order valence-corrected chi connectivity index (χ1v) is 4.90. The van der Waals surface area contributed by atoms with Gasteiger partial charge in [0.25, 0.3) is 0 Å². The van der Waals surface area contributed by atoms with Gasteiger partial charge in [0.15, 0.2) is 0 Å². The summed E-state index contributed by atoms with van der Waals surface area (Å²) >= 11 is 0. The highest BCUT2D eigenvalue weighted by molar-refractivity contribution is 6.03. The van der Waals surface area contributed by atoms with E-state index in [0.29, 0.717) is 5.57 Å². The molecule has 0 spiro atoms. The molecular formula is C11H12N2O3. The maximum absolute atomic E-state index is 10.7. The predicted octanol–water partition coefficient (Wildman–Crippen LogP) is -0.160. The van der Waals surface area contributed by atoms with Crippen LogP contribution in [0.2, 0.25) is 0 Å². The van der Waals surface area contributed by atoms with Gasteiger partial charge in [0.2, 0.25) is 0 Å². The van der Waals surface area contributed by atoms with Crippen LogP contribution in [0, 0.1) is 5.92 Å².